The normalized spacial score (nSPS) is 13.6. The van der Waals surface area contributed by atoms with E-state index < -0.39 is 0 Å². The number of hydrogen-bond donors (Lipinski definition) is 1. The van der Waals surface area contributed by atoms with E-state index in [1.54, 1.807) is 27.8 Å². The Kier molecular flexibility index (Phi) is 4.28. The van der Waals surface area contributed by atoms with E-state index in [1.807, 2.05) is 0 Å². The van der Waals surface area contributed by atoms with Crippen molar-refractivity contribution >= 4 is 40.7 Å². The van der Waals surface area contributed by atoms with Crippen LogP contribution in [0.3, 0.4) is 0 Å². The van der Waals surface area contributed by atoms with Gasteiger partial charge in [-0.05, 0) is 18.2 Å². The maximum atomic E-state index is 12.5. The molecule has 1 aliphatic rings. The highest BCUT2D eigenvalue weighted by atomic mass is 35.5. The molecule has 0 unspecified atom stereocenters. The maximum Gasteiger partial charge on any atom is 0.259 e. The van der Waals surface area contributed by atoms with E-state index in [9.17, 15) is 9.59 Å². The van der Waals surface area contributed by atoms with Crippen molar-refractivity contribution in [3.63, 3.8) is 0 Å². The van der Waals surface area contributed by atoms with E-state index in [-0.39, 0.29) is 11.8 Å². The number of anilines is 1. The van der Waals surface area contributed by atoms with Gasteiger partial charge in [0.1, 0.15) is 0 Å². The molecule has 0 radical (unpaired) electrons. The standard InChI is InChI=1S/C15H14Cl2N4O2/c1-9(22)20-4-5-21-14(8-20)11(7-18-21)15(23)19-13-3-2-10(16)6-12(13)17/h2-3,6-7H,4-5,8H2,1H3,(H,19,23). The molecule has 1 aliphatic heterocycles. The predicted octanol–water partition coefficient (Wildman–Crippen LogP) is 2.80. The number of carbonyl (C=O) groups is 2. The molecule has 0 saturated heterocycles. The minimum absolute atomic E-state index is 0.0236. The van der Waals surface area contributed by atoms with Gasteiger partial charge in [0.05, 0.1) is 41.3 Å². The molecule has 0 bridgehead atoms. The van der Waals surface area contributed by atoms with Gasteiger partial charge in [0.15, 0.2) is 0 Å². The average molecular weight is 353 g/mol. The van der Waals surface area contributed by atoms with E-state index in [0.717, 1.165) is 0 Å². The van der Waals surface area contributed by atoms with Gasteiger partial charge in [0.2, 0.25) is 5.91 Å². The molecule has 1 aromatic carbocycles. The monoisotopic (exact) mass is 352 g/mol. The molecule has 2 heterocycles. The molecule has 23 heavy (non-hydrogen) atoms. The van der Waals surface area contributed by atoms with Gasteiger partial charge in [0, 0.05) is 18.5 Å². The number of hydrogen-bond acceptors (Lipinski definition) is 3. The number of carbonyl (C=O) groups excluding carboxylic acids is 2. The molecule has 1 N–H and O–H groups in total. The first-order valence-electron chi connectivity index (χ1n) is 7.02. The highest BCUT2D eigenvalue weighted by Crippen LogP contribution is 2.26. The third-order valence-corrected chi connectivity index (χ3v) is 4.29. The van der Waals surface area contributed by atoms with Crippen LogP contribution in [0.1, 0.15) is 23.0 Å². The third kappa shape index (κ3) is 3.18. The second kappa shape index (κ2) is 6.22. The molecule has 120 valence electrons. The van der Waals surface area contributed by atoms with Crippen molar-refractivity contribution in [2.24, 2.45) is 0 Å². The summed E-state index contributed by atoms with van der Waals surface area (Å²) in [6, 6.07) is 4.85. The molecule has 2 aromatic rings. The molecule has 8 heteroatoms. The minimum Gasteiger partial charge on any atom is -0.335 e. The lowest BCUT2D eigenvalue weighted by Crippen LogP contribution is -2.37. The fourth-order valence-electron chi connectivity index (χ4n) is 2.48. The summed E-state index contributed by atoms with van der Waals surface area (Å²) < 4.78 is 1.75. The Morgan fingerprint density at radius 2 is 2.04 bits per heavy atom. The van der Waals surface area contributed by atoms with Crippen LogP contribution >= 0.6 is 23.2 Å². The van der Waals surface area contributed by atoms with Crippen LogP contribution in [0.5, 0.6) is 0 Å². The summed E-state index contributed by atoms with van der Waals surface area (Å²) in [4.78, 5) is 25.7. The van der Waals surface area contributed by atoms with Crippen LogP contribution in [-0.2, 0) is 17.9 Å². The average Bonchev–Trinajstić information content (AvgIpc) is 2.93. The van der Waals surface area contributed by atoms with Crippen LogP contribution in [0.4, 0.5) is 5.69 Å². The topological polar surface area (TPSA) is 67.2 Å². The van der Waals surface area contributed by atoms with Crippen LogP contribution in [0.25, 0.3) is 0 Å². The molecular weight excluding hydrogens is 339 g/mol. The number of aromatic nitrogens is 2. The van der Waals surface area contributed by atoms with Crippen molar-refractivity contribution in [1.29, 1.82) is 0 Å². The summed E-state index contributed by atoms with van der Waals surface area (Å²) in [5.74, 6) is -0.342. The van der Waals surface area contributed by atoms with Crippen molar-refractivity contribution in [2.45, 2.75) is 20.0 Å². The highest BCUT2D eigenvalue weighted by Gasteiger charge is 2.25. The maximum absolute atomic E-state index is 12.5. The number of nitrogens with one attached hydrogen (secondary N) is 1. The van der Waals surface area contributed by atoms with Gasteiger partial charge in [-0.15, -0.1) is 0 Å². The van der Waals surface area contributed by atoms with E-state index in [1.165, 1.54) is 13.1 Å². The van der Waals surface area contributed by atoms with Crippen LogP contribution in [0.15, 0.2) is 24.4 Å². The zero-order chi connectivity index (χ0) is 16.6. The van der Waals surface area contributed by atoms with Crippen molar-refractivity contribution < 1.29 is 9.59 Å². The van der Waals surface area contributed by atoms with Crippen molar-refractivity contribution in [3.05, 3.63) is 45.7 Å². The zero-order valence-electron chi connectivity index (χ0n) is 12.3. The molecule has 0 atom stereocenters. The number of nitrogens with zero attached hydrogens (tertiary/aromatic N) is 3. The van der Waals surface area contributed by atoms with E-state index in [0.29, 0.717) is 46.6 Å². The number of rotatable bonds is 2. The molecule has 0 aliphatic carbocycles. The molecule has 1 aromatic heterocycles. The van der Waals surface area contributed by atoms with Gasteiger partial charge < -0.3 is 10.2 Å². The summed E-state index contributed by atoms with van der Waals surface area (Å²) in [7, 11) is 0. The molecule has 2 amide bonds. The summed E-state index contributed by atoms with van der Waals surface area (Å²) in [5, 5.41) is 7.81. The van der Waals surface area contributed by atoms with E-state index in [4.69, 9.17) is 23.2 Å². The highest BCUT2D eigenvalue weighted by molar-refractivity contribution is 6.36. The van der Waals surface area contributed by atoms with Crippen LogP contribution < -0.4 is 5.32 Å². The second-order valence-electron chi connectivity index (χ2n) is 5.25. The Bertz CT molecular complexity index is 788. The van der Waals surface area contributed by atoms with E-state index >= 15 is 0 Å². The largest absolute Gasteiger partial charge is 0.335 e. The van der Waals surface area contributed by atoms with Crippen molar-refractivity contribution in [2.75, 3.05) is 11.9 Å². The molecule has 0 fully saturated rings. The van der Waals surface area contributed by atoms with Crippen molar-refractivity contribution in [3.8, 4) is 0 Å². The predicted molar refractivity (Wildman–Crippen MR) is 87.7 cm³/mol. The number of amides is 2. The minimum atomic E-state index is -0.319. The smallest absolute Gasteiger partial charge is 0.259 e. The molecule has 3 rings (SSSR count). The first-order chi connectivity index (χ1) is 11.0. The Labute approximate surface area is 143 Å². The summed E-state index contributed by atoms with van der Waals surface area (Å²) in [6.07, 6.45) is 1.51. The van der Waals surface area contributed by atoms with Gasteiger partial charge in [0.25, 0.3) is 5.91 Å². The molecular formula is C15H14Cl2N4O2. The summed E-state index contributed by atoms with van der Waals surface area (Å²) in [5.41, 5.74) is 1.62. The Balaban J connectivity index is 1.84. The molecule has 6 nitrogen and oxygen atoms in total. The number of benzene rings is 1. The summed E-state index contributed by atoms with van der Waals surface area (Å²) in [6.45, 7) is 3.05. The van der Waals surface area contributed by atoms with Gasteiger partial charge in [-0.2, -0.15) is 5.10 Å². The first kappa shape index (κ1) is 15.8. The second-order valence-corrected chi connectivity index (χ2v) is 6.09. The van der Waals surface area contributed by atoms with Crippen LogP contribution in [0.2, 0.25) is 10.0 Å². The molecule has 0 spiro atoms. The summed E-state index contributed by atoms with van der Waals surface area (Å²) >= 11 is 11.9. The van der Waals surface area contributed by atoms with Crippen LogP contribution in [-0.4, -0.2) is 33.0 Å². The Morgan fingerprint density at radius 3 is 2.74 bits per heavy atom. The Morgan fingerprint density at radius 1 is 1.26 bits per heavy atom. The van der Waals surface area contributed by atoms with Crippen LogP contribution in [0, 0.1) is 0 Å². The van der Waals surface area contributed by atoms with Gasteiger partial charge in [-0.25, -0.2) is 0 Å². The Hall–Kier alpha value is -2.05. The lowest BCUT2D eigenvalue weighted by Gasteiger charge is -2.27. The SMILES string of the molecule is CC(=O)N1CCn2ncc(C(=O)Nc3ccc(Cl)cc3Cl)c2C1. The van der Waals surface area contributed by atoms with E-state index in [2.05, 4.69) is 10.4 Å². The quantitative estimate of drug-likeness (QED) is 0.903. The third-order valence-electron chi connectivity index (χ3n) is 3.74. The lowest BCUT2D eigenvalue weighted by molar-refractivity contribution is -0.130. The number of fused-ring (bicyclic) bond motifs is 1. The van der Waals surface area contributed by atoms with Gasteiger partial charge in [-0.3, -0.25) is 14.3 Å². The first-order valence-corrected chi connectivity index (χ1v) is 7.78. The van der Waals surface area contributed by atoms with Gasteiger partial charge >= 0.3 is 0 Å². The molecule has 0 saturated carbocycles. The lowest BCUT2D eigenvalue weighted by atomic mass is 10.2. The zero-order valence-corrected chi connectivity index (χ0v) is 13.9. The number of halogens is 2. The van der Waals surface area contributed by atoms with Crippen molar-refractivity contribution in [1.82, 2.24) is 14.7 Å². The van der Waals surface area contributed by atoms with Gasteiger partial charge in [-0.1, -0.05) is 23.2 Å². The fraction of sp³-hybridized carbons (Fsp3) is 0.267. The fourth-order valence-corrected chi connectivity index (χ4v) is 2.94.